The minimum Gasteiger partial charge on any atom is -0.475 e. The SMILES string of the molecule is O=C(O)c1cc2cccnc2c(=O)o1. The van der Waals surface area contributed by atoms with Crippen LogP contribution in [0.5, 0.6) is 0 Å². The van der Waals surface area contributed by atoms with E-state index in [-0.39, 0.29) is 11.3 Å². The molecule has 5 nitrogen and oxygen atoms in total. The lowest BCUT2D eigenvalue weighted by Gasteiger charge is -1.95. The van der Waals surface area contributed by atoms with E-state index in [0.717, 1.165) is 0 Å². The van der Waals surface area contributed by atoms with Gasteiger partial charge >= 0.3 is 11.6 Å². The third kappa shape index (κ3) is 1.24. The quantitative estimate of drug-likeness (QED) is 0.723. The lowest BCUT2D eigenvalue weighted by Crippen LogP contribution is -2.07. The molecule has 0 saturated heterocycles. The molecule has 2 rings (SSSR count). The molecule has 0 radical (unpaired) electrons. The lowest BCUT2D eigenvalue weighted by atomic mass is 10.2. The molecule has 2 heterocycles. The minimum atomic E-state index is -1.27. The van der Waals surface area contributed by atoms with Gasteiger partial charge < -0.3 is 9.52 Å². The third-order valence-electron chi connectivity index (χ3n) is 1.73. The van der Waals surface area contributed by atoms with Crippen LogP contribution >= 0.6 is 0 Å². The summed E-state index contributed by atoms with van der Waals surface area (Å²) < 4.78 is 4.53. The van der Waals surface area contributed by atoms with Crippen LogP contribution in [0.1, 0.15) is 10.6 Å². The molecule has 0 spiro atoms. The first-order valence-corrected chi connectivity index (χ1v) is 3.80. The Balaban J connectivity index is 2.86. The molecule has 0 fully saturated rings. The summed E-state index contributed by atoms with van der Waals surface area (Å²) in [6.45, 7) is 0. The number of hydrogen-bond donors (Lipinski definition) is 1. The molecule has 14 heavy (non-hydrogen) atoms. The average Bonchev–Trinajstić information content (AvgIpc) is 2.17. The molecule has 0 amide bonds. The van der Waals surface area contributed by atoms with Crippen molar-refractivity contribution < 1.29 is 14.3 Å². The Hall–Kier alpha value is -2.17. The Bertz CT molecular complexity index is 558. The van der Waals surface area contributed by atoms with E-state index in [2.05, 4.69) is 9.40 Å². The zero-order valence-corrected chi connectivity index (χ0v) is 6.93. The number of aromatic nitrogens is 1. The maximum absolute atomic E-state index is 11.2. The van der Waals surface area contributed by atoms with Crippen LogP contribution in [0.3, 0.4) is 0 Å². The van der Waals surface area contributed by atoms with Gasteiger partial charge in [-0.25, -0.2) is 14.6 Å². The van der Waals surface area contributed by atoms with Crippen molar-refractivity contribution in [1.29, 1.82) is 0 Å². The first kappa shape index (κ1) is 8.43. The van der Waals surface area contributed by atoms with Gasteiger partial charge in [-0.1, -0.05) is 6.07 Å². The van der Waals surface area contributed by atoms with Crippen molar-refractivity contribution in [2.75, 3.05) is 0 Å². The van der Waals surface area contributed by atoms with E-state index < -0.39 is 11.6 Å². The van der Waals surface area contributed by atoms with Gasteiger partial charge in [-0.2, -0.15) is 0 Å². The highest BCUT2D eigenvalue weighted by molar-refractivity contribution is 5.89. The van der Waals surface area contributed by atoms with Gasteiger partial charge in [-0.3, -0.25) is 0 Å². The summed E-state index contributed by atoms with van der Waals surface area (Å²) in [5.41, 5.74) is -0.599. The van der Waals surface area contributed by atoms with Gasteiger partial charge in [0.05, 0.1) is 0 Å². The van der Waals surface area contributed by atoms with E-state index in [0.29, 0.717) is 5.39 Å². The number of carboxylic acids is 1. The van der Waals surface area contributed by atoms with Crippen molar-refractivity contribution >= 4 is 16.9 Å². The van der Waals surface area contributed by atoms with Crippen LogP contribution in [0.2, 0.25) is 0 Å². The smallest absolute Gasteiger partial charge is 0.371 e. The maximum Gasteiger partial charge on any atom is 0.371 e. The molecule has 1 N–H and O–H groups in total. The van der Waals surface area contributed by atoms with Gasteiger partial charge in [0.25, 0.3) is 0 Å². The van der Waals surface area contributed by atoms with Crippen LogP contribution in [0.15, 0.2) is 33.6 Å². The number of rotatable bonds is 1. The summed E-state index contributed by atoms with van der Waals surface area (Å²) in [4.78, 5) is 25.5. The Labute approximate surface area is 77.6 Å². The first-order valence-electron chi connectivity index (χ1n) is 3.80. The lowest BCUT2D eigenvalue weighted by molar-refractivity contribution is 0.0658. The van der Waals surface area contributed by atoms with Crippen molar-refractivity contribution in [2.45, 2.75) is 0 Å². The largest absolute Gasteiger partial charge is 0.475 e. The van der Waals surface area contributed by atoms with Crippen molar-refractivity contribution in [2.24, 2.45) is 0 Å². The molecule has 0 unspecified atom stereocenters. The van der Waals surface area contributed by atoms with Crippen LogP contribution in [-0.4, -0.2) is 16.1 Å². The zero-order chi connectivity index (χ0) is 10.1. The van der Waals surface area contributed by atoms with Crippen molar-refractivity contribution in [3.63, 3.8) is 0 Å². The number of fused-ring (bicyclic) bond motifs is 1. The molecule has 0 aliphatic carbocycles. The summed E-state index contributed by atoms with van der Waals surface area (Å²) in [6, 6.07) is 4.49. The third-order valence-corrected chi connectivity index (χ3v) is 1.73. The molecule has 0 aliphatic rings. The predicted molar refractivity (Wildman–Crippen MR) is 47.2 cm³/mol. The Morgan fingerprint density at radius 3 is 3.00 bits per heavy atom. The van der Waals surface area contributed by atoms with Crippen LogP contribution in [0, 0.1) is 0 Å². The highest BCUT2D eigenvalue weighted by Crippen LogP contribution is 2.08. The van der Waals surface area contributed by atoms with E-state index in [1.165, 1.54) is 12.3 Å². The molecule has 70 valence electrons. The number of carbonyl (C=O) groups is 1. The normalized spacial score (nSPS) is 10.3. The molecule has 2 aromatic heterocycles. The van der Waals surface area contributed by atoms with Crippen molar-refractivity contribution in [1.82, 2.24) is 4.98 Å². The summed E-state index contributed by atoms with van der Waals surface area (Å²) in [7, 11) is 0. The molecule has 0 bridgehead atoms. The van der Waals surface area contributed by atoms with E-state index in [4.69, 9.17) is 5.11 Å². The van der Waals surface area contributed by atoms with Gasteiger partial charge in [0.2, 0.25) is 5.76 Å². The summed E-state index contributed by atoms with van der Waals surface area (Å²) in [5, 5.41) is 9.08. The molecule has 5 heteroatoms. The highest BCUT2D eigenvalue weighted by Gasteiger charge is 2.10. The van der Waals surface area contributed by atoms with E-state index in [1.54, 1.807) is 12.1 Å². The molecule has 0 aromatic carbocycles. The number of pyridine rings is 1. The molecule has 0 saturated carbocycles. The molecular formula is C9H5NO4. The Kier molecular flexibility index (Phi) is 1.78. The average molecular weight is 191 g/mol. The number of aromatic carboxylic acids is 1. The van der Waals surface area contributed by atoms with Gasteiger partial charge in [0, 0.05) is 11.6 Å². The first-order chi connectivity index (χ1) is 6.68. The van der Waals surface area contributed by atoms with Crippen LogP contribution in [0.4, 0.5) is 0 Å². The van der Waals surface area contributed by atoms with Gasteiger partial charge in [0.1, 0.15) is 0 Å². The number of hydrogen-bond acceptors (Lipinski definition) is 4. The van der Waals surface area contributed by atoms with E-state index in [9.17, 15) is 9.59 Å². The Morgan fingerprint density at radius 1 is 1.50 bits per heavy atom. The molecule has 0 aliphatic heterocycles. The molecular weight excluding hydrogens is 186 g/mol. The van der Waals surface area contributed by atoms with E-state index in [1.807, 2.05) is 0 Å². The second-order valence-corrected chi connectivity index (χ2v) is 2.64. The maximum atomic E-state index is 11.2. The van der Waals surface area contributed by atoms with Crippen LogP contribution in [-0.2, 0) is 0 Å². The van der Waals surface area contributed by atoms with Crippen molar-refractivity contribution in [3.8, 4) is 0 Å². The van der Waals surface area contributed by atoms with E-state index >= 15 is 0 Å². The van der Waals surface area contributed by atoms with Gasteiger partial charge in [0.15, 0.2) is 5.52 Å². The van der Waals surface area contributed by atoms with Crippen LogP contribution < -0.4 is 5.63 Å². The molecule has 0 atom stereocenters. The fourth-order valence-electron chi connectivity index (χ4n) is 1.13. The molecule has 2 aromatic rings. The summed E-state index contributed by atoms with van der Waals surface area (Å²) >= 11 is 0. The predicted octanol–water partition coefficient (Wildman–Crippen LogP) is 0.886. The zero-order valence-electron chi connectivity index (χ0n) is 6.93. The van der Waals surface area contributed by atoms with Crippen molar-refractivity contribution in [3.05, 3.63) is 40.6 Å². The second kappa shape index (κ2) is 2.95. The standard InChI is InChI=1S/C9H5NO4/c11-8(12)6-4-5-2-1-3-10-7(5)9(13)14-6/h1-4H,(H,11,12). The summed E-state index contributed by atoms with van der Waals surface area (Å²) in [5.74, 6) is -1.65. The highest BCUT2D eigenvalue weighted by atomic mass is 16.4. The minimum absolute atomic E-state index is 0.137. The number of carboxylic acid groups (broad SMARTS) is 1. The summed E-state index contributed by atoms with van der Waals surface area (Å²) in [6.07, 6.45) is 1.44. The Morgan fingerprint density at radius 2 is 2.29 bits per heavy atom. The van der Waals surface area contributed by atoms with Gasteiger partial charge in [-0.15, -0.1) is 0 Å². The van der Waals surface area contributed by atoms with Gasteiger partial charge in [-0.05, 0) is 12.1 Å². The fraction of sp³-hybridized carbons (Fsp3) is 0. The number of nitrogens with zero attached hydrogens (tertiary/aromatic N) is 1. The monoisotopic (exact) mass is 191 g/mol. The fourth-order valence-corrected chi connectivity index (χ4v) is 1.13. The second-order valence-electron chi connectivity index (χ2n) is 2.64. The van der Waals surface area contributed by atoms with Crippen LogP contribution in [0.25, 0.3) is 10.9 Å². The topological polar surface area (TPSA) is 80.4 Å².